The van der Waals surface area contributed by atoms with Crippen molar-refractivity contribution in [1.29, 1.82) is 0 Å². The molecular weight excluding hydrogens is 236 g/mol. The summed E-state index contributed by atoms with van der Waals surface area (Å²) in [5.74, 6) is -2.48. The Morgan fingerprint density at radius 2 is 1.94 bits per heavy atom. The first kappa shape index (κ1) is 11.7. The molecule has 1 heterocycles. The van der Waals surface area contributed by atoms with E-state index in [2.05, 4.69) is 0 Å². The molecule has 0 aromatic carbocycles. The number of carboxylic acid groups (broad SMARTS) is 1. The van der Waals surface area contributed by atoms with Crippen molar-refractivity contribution in [2.24, 2.45) is 23.7 Å². The molecule has 0 aromatic rings. The Kier molecular flexibility index (Phi) is 2.86. The molecule has 1 saturated carbocycles. The zero-order valence-electron chi connectivity index (χ0n) is 9.95. The topological polar surface area (TPSA) is 72.8 Å². The average molecular weight is 252 g/mol. The maximum atomic E-state index is 12.1. The van der Waals surface area contributed by atoms with E-state index in [1.54, 1.807) is 0 Å². The molecule has 1 saturated heterocycles. The molecule has 5 nitrogen and oxygen atoms in total. The monoisotopic (exact) mass is 252 g/mol. The van der Waals surface area contributed by atoms with Crippen LogP contribution in [0.25, 0.3) is 0 Å². The highest BCUT2D eigenvalue weighted by atomic mass is 16.7. The van der Waals surface area contributed by atoms with E-state index in [1.165, 1.54) is 0 Å². The van der Waals surface area contributed by atoms with Gasteiger partial charge in [0.05, 0.1) is 18.4 Å². The Balaban J connectivity index is 1.71. The minimum absolute atomic E-state index is 0.0185. The fourth-order valence-corrected chi connectivity index (χ4v) is 3.33. The van der Waals surface area contributed by atoms with Crippen molar-refractivity contribution < 1.29 is 24.2 Å². The Bertz CT molecular complexity index is 396. The lowest BCUT2D eigenvalue weighted by atomic mass is 9.83. The first-order valence-electron chi connectivity index (χ1n) is 6.40. The summed E-state index contributed by atoms with van der Waals surface area (Å²) < 4.78 is 10.5. The fraction of sp³-hybridized carbons (Fsp3) is 0.692. The molecule has 0 amide bonds. The van der Waals surface area contributed by atoms with E-state index in [1.807, 2.05) is 12.2 Å². The summed E-state index contributed by atoms with van der Waals surface area (Å²) in [6.07, 6.45) is 5.74. The number of fused-ring (bicyclic) bond motifs is 2. The van der Waals surface area contributed by atoms with Crippen molar-refractivity contribution in [3.05, 3.63) is 12.2 Å². The van der Waals surface area contributed by atoms with E-state index in [0.717, 1.165) is 12.8 Å². The number of carbonyl (C=O) groups is 2. The predicted molar refractivity (Wildman–Crippen MR) is 60.4 cm³/mol. The van der Waals surface area contributed by atoms with Crippen molar-refractivity contribution in [3.8, 4) is 0 Å². The third-order valence-electron chi connectivity index (χ3n) is 4.15. The van der Waals surface area contributed by atoms with E-state index in [0.29, 0.717) is 13.0 Å². The second kappa shape index (κ2) is 4.39. The highest BCUT2D eigenvalue weighted by Gasteiger charge is 2.52. The van der Waals surface area contributed by atoms with Crippen molar-refractivity contribution in [3.63, 3.8) is 0 Å². The standard InChI is InChI=1S/C13H16O5/c14-12(15)10-7-3-4-8(6-7)11(10)13(16)18-9-2-1-5-17-9/h3-4,7-11H,1-2,5-6H2,(H,14,15). The van der Waals surface area contributed by atoms with Gasteiger partial charge >= 0.3 is 11.9 Å². The summed E-state index contributed by atoms with van der Waals surface area (Å²) >= 11 is 0. The third-order valence-corrected chi connectivity index (χ3v) is 4.15. The first-order chi connectivity index (χ1) is 8.66. The molecule has 3 rings (SSSR count). The van der Waals surface area contributed by atoms with Gasteiger partial charge in [-0.2, -0.15) is 0 Å². The molecule has 2 fully saturated rings. The second-order valence-electron chi connectivity index (χ2n) is 5.22. The van der Waals surface area contributed by atoms with Crippen molar-refractivity contribution >= 4 is 11.9 Å². The molecular formula is C13H16O5. The summed E-state index contributed by atoms with van der Waals surface area (Å²) in [7, 11) is 0. The summed E-state index contributed by atoms with van der Waals surface area (Å²) in [6.45, 7) is 0.608. The lowest BCUT2D eigenvalue weighted by molar-refractivity contribution is -0.179. The summed E-state index contributed by atoms with van der Waals surface area (Å²) in [4.78, 5) is 23.4. The van der Waals surface area contributed by atoms with E-state index < -0.39 is 30.1 Å². The van der Waals surface area contributed by atoms with Gasteiger partial charge < -0.3 is 14.6 Å². The molecule has 5 atom stereocenters. The second-order valence-corrected chi connectivity index (χ2v) is 5.22. The summed E-state index contributed by atoms with van der Waals surface area (Å²) in [6, 6.07) is 0. The molecule has 18 heavy (non-hydrogen) atoms. The lowest BCUT2D eigenvalue weighted by Gasteiger charge is -2.24. The van der Waals surface area contributed by atoms with E-state index >= 15 is 0 Å². The van der Waals surface area contributed by atoms with Crippen molar-refractivity contribution in [2.75, 3.05) is 6.61 Å². The molecule has 0 radical (unpaired) electrons. The maximum absolute atomic E-state index is 12.1. The van der Waals surface area contributed by atoms with Gasteiger partial charge in [-0.3, -0.25) is 9.59 Å². The van der Waals surface area contributed by atoms with Crippen LogP contribution in [-0.2, 0) is 19.1 Å². The zero-order valence-corrected chi connectivity index (χ0v) is 9.95. The zero-order chi connectivity index (χ0) is 12.7. The smallest absolute Gasteiger partial charge is 0.312 e. The van der Waals surface area contributed by atoms with Crippen LogP contribution < -0.4 is 0 Å². The number of hydrogen-bond acceptors (Lipinski definition) is 4. The van der Waals surface area contributed by atoms with Gasteiger partial charge in [-0.15, -0.1) is 0 Å². The van der Waals surface area contributed by atoms with Crippen LogP contribution >= 0.6 is 0 Å². The minimum atomic E-state index is -0.902. The highest BCUT2D eigenvalue weighted by molar-refractivity contribution is 5.83. The van der Waals surface area contributed by atoms with Crippen molar-refractivity contribution in [2.45, 2.75) is 25.6 Å². The minimum Gasteiger partial charge on any atom is -0.481 e. The SMILES string of the molecule is O=C(O)C1C2C=CC(C2)C1C(=O)OC1CCCO1. The fourth-order valence-electron chi connectivity index (χ4n) is 3.33. The van der Waals surface area contributed by atoms with Crippen LogP contribution in [0, 0.1) is 23.7 Å². The number of rotatable bonds is 3. The van der Waals surface area contributed by atoms with Gasteiger partial charge in [0.2, 0.25) is 6.29 Å². The van der Waals surface area contributed by atoms with Crippen LogP contribution in [0.5, 0.6) is 0 Å². The Morgan fingerprint density at radius 1 is 1.22 bits per heavy atom. The third kappa shape index (κ3) is 1.82. The Hall–Kier alpha value is -1.36. The van der Waals surface area contributed by atoms with Crippen LogP contribution in [0.2, 0.25) is 0 Å². The van der Waals surface area contributed by atoms with E-state index in [4.69, 9.17) is 9.47 Å². The average Bonchev–Trinajstić information content (AvgIpc) is 3.03. The number of ether oxygens (including phenoxy) is 2. The number of carbonyl (C=O) groups excluding carboxylic acids is 1. The van der Waals surface area contributed by atoms with E-state index in [9.17, 15) is 14.7 Å². The molecule has 2 bridgehead atoms. The molecule has 98 valence electrons. The van der Waals surface area contributed by atoms with Gasteiger partial charge in [0.25, 0.3) is 0 Å². The predicted octanol–water partition coefficient (Wildman–Crippen LogP) is 1.19. The van der Waals surface area contributed by atoms with E-state index in [-0.39, 0.29) is 11.8 Å². The van der Waals surface area contributed by atoms with Gasteiger partial charge in [0, 0.05) is 6.42 Å². The molecule has 5 unspecified atom stereocenters. The van der Waals surface area contributed by atoms with Crippen LogP contribution in [0.4, 0.5) is 0 Å². The van der Waals surface area contributed by atoms with Gasteiger partial charge in [-0.25, -0.2) is 0 Å². The normalized spacial score (nSPS) is 41.2. The molecule has 0 spiro atoms. The largest absolute Gasteiger partial charge is 0.481 e. The Morgan fingerprint density at radius 3 is 2.56 bits per heavy atom. The highest BCUT2D eigenvalue weighted by Crippen LogP contribution is 2.48. The molecule has 1 N–H and O–H groups in total. The number of carboxylic acids is 1. The number of hydrogen-bond donors (Lipinski definition) is 1. The van der Waals surface area contributed by atoms with Gasteiger partial charge in [-0.05, 0) is 24.7 Å². The van der Waals surface area contributed by atoms with Gasteiger partial charge in [0.15, 0.2) is 0 Å². The van der Waals surface area contributed by atoms with Gasteiger partial charge in [-0.1, -0.05) is 12.2 Å². The molecule has 5 heteroatoms. The molecule has 3 aliphatic rings. The maximum Gasteiger partial charge on any atom is 0.312 e. The van der Waals surface area contributed by atoms with Crippen LogP contribution in [-0.4, -0.2) is 29.9 Å². The van der Waals surface area contributed by atoms with Gasteiger partial charge in [0.1, 0.15) is 0 Å². The number of esters is 1. The van der Waals surface area contributed by atoms with Crippen LogP contribution in [0.15, 0.2) is 12.2 Å². The number of allylic oxidation sites excluding steroid dienone is 2. The summed E-state index contributed by atoms with van der Waals surface area (Å²) in [5.41, 5.74) is 0. The van der Waals surface area contributed by atoms with Crippen LogP contribution in [0.1, 0.15) is 19.3 Å². The molecule has 1 aliphatic heterocycles. The lowest BCUT2D eigenvalue weighted by Crippen LogP contribution is -2.35. The van der Waals surface area contributed by atoms with Crippen molar-refractivity contribution in [1.82, 2.24) is 0 Å². The Labute approximate surface area is 105 Å². The number of aliphatic carboxylic acids is 1. The quantitative estimate of drug-likeness (QED) is 0.603. The van der Waals surface area contributed by atoms with Crippen LogP contribution in [0.3, 0.4) is 0 Å². The first-order valence-corrected chi connectivity index (χ1v) is 6.40. The molecule has 0 aromatic heterocycles. The summed E-state index contributed by atoms with van der Waals surface area (Å²) in [5, 5.41) is 9.24. The molecule has 2 aliphatic carbocycles.